The fourth-order valence-corrected chi connectivity index (χ4v) is 2.99. The average Bonchev–Trinajstić information content (AvgIpc) is 2.97. The van der Waals surface area contributed by atoms with Crippen LogP contribution in [0.15, 0.2) is 17.5 Å². The van der Waals surface area contributed by atoms with Gasteiger partial charge in [0.1, 0.15) is 6.10 Å². The first kappa shape index (κ1) is 15.0. The minimum atomic E-state index is -0.962. The van der Waals surface area contributed by atoms with Gasteiger partial charge < -0.3 is 14.9 Å². The summed E-state index contributed by atoms with van der Waals surface area (Å²) in [5, 5.41) is 11.3. The number of carbonyl (C=O) groups excluding carboxylic acids is 2. The van der Waals surface area contributed by atoms with Crippen LogP contribution in [-0.4, -0.2) is 59.0 Å². The van der Waals surface area contributed by atoms with E-state index in [4.69, 9.17) is 0 Å². The average molecular weight is 296 g/mol. The Bertz CT molecular complexity index is 451. The number of piperazine rings is 1. The van der Waals surface area contributed by atoms with Crippen molar-refractivity contribution in [3.8, 4) is 0 Å². The number of rotatable bonds is 4. The Morgan fingerprint density at radius 1 is 1.30 bits per heavy atom. The summed E-state index contributed by atoms with van der Waals surface area (Å²) in [6, 6.07) is 4.03. The highest BCUT2D eigenvalue weighted by Gasteiger charge is 2.25. The normalized spacial score (nSPS) is 17.1. The number of hydrogen-bond acceptors (Lipinski definition) is 4. The first-order valence-corrected chi connectivity index (χ1v) is 7.73. The lowest BCUT2D eigenvalue weighted by Crippen LogP contribution is -2.52. The zero-order valence-electron chi connectivity index (χ0n) is 11.6. The van der Waals surface area contributed by atoms with Crippen molar-refractivity contribution < 1.29 is 14.7 Å². The third-order valence-corrected chi connectivity index (χ3v) is 4.40. The molecule has 0 radical (unpaired) electrons. The van der Waals surface area contributed by atoms with Gasteiger partial charge in [-0.15, -0.1) is 11.3 Å². The molecule has 110 valence electrons. The molecule has 5 nitrogen and oxygen atoms in total. The van der Waals surface area contributed by atoms with E-state index < -0.39 is 6.10 Å². The number of thiophene rings is 1. The maximum atomic E-state index is 12.1. The molecule has 0 saturated carbocycles. The van der Waals surface area contributed by atoms with E-state index in [1.165, 1.54) is 11.8 Å². The molecule has 1 saturated heterocycles. The van der Waals surface area contributed by atoms with Crippen LogP contribution < -0.4 is 0 Å². The Kier molecular flexibility index (Phi) is 5.14. The Balaban J connectivity index is 1.75. The second-order valence-corrected chi connectivity index (χ2v) is 5.99. The van der Waals surface area contributed by atoms with Gasteiger partial charge >= 0.3 is 0 Å². The highest BCUT2D eigenvalue weighted by Crippen LogP contribution is 2.13. The number of aliphatic hydroxyl groups excluding tert-OH is 1. The van der Waals surface area contributed by atoms with Crippen molar-refractivity contribution >= 4 is 23.2 Å². The summed E-state index contributed by atoms with van der Waals surface area (Å²) in [7, 11) is 0. The van der Waals surface area contributed by atoms with Crippen LogP contribution >= 0.6 is 11.3 Å². The molecule has 2 amide bonds. The lowest BCUT2D eigenvalue weighted by atomic mass is 10.2. The van der Waals surface area contributed by atoms with Crippen molar-refractivity contribution in [3.05, 3.63) is 22.4 Å². The molecule has 0 aromatic carbocycles. The van der Waals surface area contributed by atoms with Gasteiger partial charge in [0.2, 0.25) is 5.91 Å². The monoisotopic (exact) mass is 296 g/mol. The predicted molar refractivity (Wildman–Crippen MR) is 77.5 cm³/mol. The smallest absolute Gasteiger partial charge is 0.251 e. The summed E-state index contributed by atoms with van der Waals surface area (Å²) in [4.78, 5) is 28.4. The van der Waals surface area contributed by atoms with Crippen molar-refractivity contribution in [2.75, 3.05) is 26.2 Å². The highest BCUT2D eigenvalue weighted by atomic mass is 32.1. The topological polar surface area (TPSA) is 60.9 Å². The van der Waals surface area contributed by atoms with E-state index in [9.17, 15) is 14.7 Å². The van der Waals surface area contributed by atoms with Crippen LogP contribution in [0.25, 0.3) is 0 Å². The summed E-state index contributed by atoms with van der Waals surface area (Å²) >= 11 is 1.67. The van der Waals surface area contributed by atoms with E-state index >= 15 is 0 Å². The summed E-state index contributed by atoms with van der Waals surface area (Å²) in [6.45, 7) is 3.60. The van der Waals surface area contributed by atoms with E-state index in [1.54, 1.807) is 21.1 Å². The molecular formula is C14H20N2O3S. The third-order valence-electron chi connectivity index (χ3n) is 3.47. The molecule has 1 N–H and O–H groups in total. The van der Waals surface area contributed by atoms with Crippen LogP contribution in [0.4, 0.5) is 0 Å². The van der Waals surface area contributed by atoms with Crippen molar-refractivity contribution in [3.63, 3.8) is 0 Å². The standard InChI is InChI=1S/C14H20N2O3S/c1-11(17)14(19)16-8-6-15(7-9-16)13(18)5-4-12-3-2-10-20-12/h2-3,10-11,17H,4-9H2,1H3. The molecule has 1 unspecified atom stereocenters. The molecule has 6 heteroatoms. The summed E-state index contributed by atoms with van der Waals surface area (Å²) < 4.78 is 0. The fourth-order valence-electron chi connectivity index (χ4n) is 2.28. The Morgan fingerprint density at radius 3 is 2.50 bits per heavy atom. The van der Waals surface area contributed by atoms with E-state index in [0.717, 1.165) is 6.42 Å². The zero-order chi connectivity index (χ0) is 14.5. The first-order chi connectivity index (χ1) is 9.58. The van der Waals surface area contributed by atoms with Crippen LogP contribution in [0.1, 0.15) is 18.2 Å². The van der Waals surface area contributed by atoms with Gasteiger partial charge in [-0.25, -0.2) is 0 Å². The van der Waals surface area contributed by atoms with Gasteiger partial charge in [0.05, 0.1) is 0 Å². The van der Waals surface area contributed by atoms with E-state index in [1.807, 2.05) is 17.5 Å². The molecule has 2 rings (SSSR count). The number of aliphatic hydroxyl groups is 1. The Hall–Kier alpha value is -1.40. The lowest BCUT2D eigenvalue weighted by molar-refractivity contribution is -0.144. The van der Waals surface area contributed by atoms with E-state index in [2.05, 4.69) is 0 Å². The van der Waals surface area contributed by atoms with Crippen LogP contribution in [0.5, 0.6) is 0 Å². The van der Waals surface area contributed by atoms with Crippen LogP contribution in [0, 0.1) is 0 Å². The lowest BCUT2D eigenvalue weighted by Gasteiger charge is -2.35. The number of amides is 2. The van der Waals surface area contributed by atoms with Crippen molar-refractivity contribution in [1.29, 1.82) is 0 Å². The molecular weight excluding hydrogens is 276 g/mol. The molecule has 0 spiro atoms. The van der Waals surface area contributed by atoms with Crippen molar-refractivity contribution in [1.82, 2.24) is 9.80 Å². The molecule has 0 bridgehead atoms. The van der Waals surface area contributed by atoms with Crippen LogP contribution in [0.2, 0.25) is 0 Å². The molecule has 20 heavy (non-hydrogen) atoms. The predicted octanol–water partition coefficient (Wildman–Crippen LogP) is 0.732. The molecule has 1 atom stereocenters. The SMILES string of the molecule is CC(O)C(=O)N1CCN(C(=O)CCc2cccs2)CC1. The second-order valence-electron chi connectivity index (χ2n) is 4.96. The van der Waals surface area contributed by atoms with Gasteiger partial charge in [-0.05, 0) is 24.8 Å². The maximum Gasteiger partial charge on any atom is 0.251 e. The first-order valence-electron chi connectivity index (χ1n) is 6.85. The molecule has 1 fully saturated rings. The Morgan fingerprint density at radius 2 is 1.95 bits per heavy atom. The molecule has 1 aromatic heterocycles. The largest absolute Gasteiger partial charge is 0.384 e. The summed E-state index contributed by atoms with van der Waals surface area (Å²) in [5.41, 5.74) is 0. The van der Waals surface area contributed by atoms with Gasteiger partial charge in [-0.2, -0.15) is 0 Å². The van der Waals surface area contributed by atoms with Crippen molar-refractivity contribution in [2.24, 2.45) is 0 Å². The van der Waals surface area contributed by atoms with E-state index in [0.29, 0.717) is 32.6 Å². The highest BCUT2D eigenvalue weighted by molar-refractivity contribution is 7.09. The number of aryl methyl sites for hydroxylation is 1. The van der Waals surface area contributed by atoms with Crippen LogP contribution in [0.3, 0.4) is 0 Å². The number of nitrogens with zero attached hydrogens (tertiary/aromatic N) is 2. The molecule has 1 aliphatic rings. The molecule has 1 aromatic rings. The number of hydrogen-bond donors (Lipinski definition) is 1. The summed E-state index contributed by atoms with van der Waals surface area (Å²) in [5.74, 6) is -0.113. The Labute approximate surface area is 122 Å². The van der Waals surface area contributed by atoms with Crippen LogP contribution in [-0.2, 0) is 16.0 Å². The number of carbonyl (C=O) groups is 2. The molecule has 2 heterocycles. The minimum absolute atomic E-state index is 0.141. The molecule has 1 aliphatic heterocycles. The summed E-state index contributed by atoms with van der Waals surface area (Å²) in [6.07, 6.45) is 0.338. The minimum Gasteiger partial charge on any atom is -0.384 e. The fraction of sp³-hybridized carbons (Fsp3) is 0.571. The zero-order valence-corrected chi connectivity index (χ0v) is 12.4. The molecule has 0 aliphatic carbocycles. The van der Waals surface area contributed by atoms with Crippen molar-refractivity contribution in [2.45, 2.75) is 25.9 Å². The van der Waals surface area contributed by atoms with E-state index in [-0.39, 0.29) is 11.8 Å². The van der Waals surface area contributed by atoms with Gasteiger partial charge in [0.25, 0.3) is 5.91 Å². The second kappa shape index (κ2) is 6.85. The van der Waals surface area contributed by atoms with Gasteiger partial charge in [-0.1, -0.05) is 6.07 Å². The van der Waals surface area contributed by atoms with Gasteiger partial charge in [0, 0.05) is 37.5 Å². The van der Waals surface area contributed by atoms with Gasteiger partial charge in [-0.3, -0.25) is 9.59 Å². The third kappa shape index (κ3) is 3.80. The quantitative estimate of drug-likeness (QED) is 0.891. The van der Waals surface area contributed by atoms with Gasteiger partial charge in [0.15, 0.2) is 0 Å². The maximum absolute atomic E-state index is 12.1.